The molecule has 1 aliphatic heterocycles. The topological polar surface area (TPSA) is 106 Å². The number of ketones is 1. The second kappa shape index (κ2) is 12.3. The molecule has 0 saturated carbocycles. The summed E-state index contributed by atoms with van der Waals surface area (Å²) in [5, 5.41) is 11.5. The van der Waals surface area contributed by atoms with Gasteiger partial charge in [-0.25, -0.2) is 9.78 Å². The number of rotatable bonds is 10. The fourth-order valence-corrected chi connectivity index (χ4v) is 5.15. The number of benzene rings is 2. The number of aryl methyl sites for hydroxylation is 1. The van der Waals surface area contributed by atoms with Crippen LogP contribution < -0.4 is 9.64 Å². The number of Topliss-reactive ketones (excluding diaryl/α,β-unsaturated/α-hetero) is 1. The van der Waals surface area contributed by atoms with E-state index in [1.807, 2.05) is 19.9 Å². The van der Waals surface area contributed by atoms with Crippen molar-refractivity contribution in [1.82, 2.24) is 4.98 Å². The van der Waals surface area contributed by atoms with Crippen molar-refractivity contribution < 1.29 is 29.0 Å². The highest BCUT2D eigenvalue weighted by molar-refractivity contribution is 7.17. The predicted molar refractivity (Wildman–Crippen MR) is 150 cm³/mol. The fourth-order valence-electron chi connectivity index (χ4n) is 4.16. The molecule has 4 rings (SSSR count). The van der Waals surface area contributed by atoms with Crippen LogP contribution in [-0.4, -0.2) is 41.0 Å². The van der Waals surface area contributed by atoms with E-state index in [0.717, 1.165) is 24.2 Å². The van der Waals surface area contributed by atoms with Crippen LogP contribution in [-0.2, 0) is 14.3 Å². The van der Waals surface area contributed by atoms with E-state index >= 15 is 0 Å². The molecule has 3 aromatic rings. The number of carbonyl (C=O) groups is 3. The number of thiazole rings is 1. The molecular weight excluding hydrogens is 516 g/mol. The highest BCUT2D eigenvalue weighted by atomic mass is 32.1. The van der Waals surface area contributed by atoms with Gasteiger partial charge in [0, 0.05) is 5.56 Å². The van der Waals surface area contributed by atoms with Crippen LogP contribution in [0.2, 0.25) is 0 Å². The van der Waals surface area contributed by atoms with Gasteiger partial charge in [0.1, 0.15) is 16.4 Å². The van der Waals surface area contributed by atoms with Crippen LogP contribution in [0.1, 0.15) is 66.1 Å². The zero-order valence-corrected chi connectivity index (χ0v) is 23.3. The van der Waals surface area contributed by atoms with Crippen LogP contribution >= 0.6 is 11.3 Å². The molecule has 2 heterocycles. The van der Waals surface area contributed by atoms with E-state index in [1.54, 1.807) is 55.5 Å². The lowest BCUT2D eigenvalue weighted by Crippen LogP contribution is -2.29. The number of esters is 1. The lowest BCUT2D eigenvalue weighted by Gasteiger charge is -2.23. The zero-order valence-electron chi connectivity index (χ0n) is 22.5. The fraction of sp³-hybridized carbons (Fsp3) is 0.333. The Kier molecular flexibility index (Phi) is 8.81. The summed E-state index contributed by atoms with van der Waals surface area (Å²) in [6.07, 6.45) is 1.94. The number of aliphatic hydroxyl groups excluding tert-OH is 1. The maximum atomic E-state index is 13.4. The number of hydrogen-bond donors (Lipinski definition) is 1. The average Bonchev–Trinajstić information content (AvgIpc) is 3.44. The Labute approximate surface area is 231 Å². The molecule has 0 bridgehead atoms. The second-order valence-electron chi connectivity index (χ2n) is 9.71. The molecule has 1 amide bonds. The minimum Gasteiger partial charge on any atom is -0.507 e. The summed E-state index contributed by atoms with van der Waals surface area (Å²) >= 11 is 0.988. The summed E-state index contributed by atoms with van der Waals surface area (Å²) in [6.45, 7) is 8.44. The average molecular weight is 549 g/mol. The van der Waals surface area contributed by atoms with Crippen molar-refractivity contribution >= 4 is 39.9 Å². The van der Waals surface area contributed by atoms with E-state index in [-0.39, 0.29) is 33.9 Å². The number of anilines is 1. The van der Waals surface area contributed by atoms with E-state index in [0.29, 0.717) is 29.2 Å². The predicted octanol–water partition coefficient (Wildman–Crippen LogP) is 6.07. The normalized spacial score (nSPS) is 16.6. The lowest BCUT2D eigenvalue weighted by molar-refractivity contribution is -0.132. The van der Waals surface area contributed by atoms with E-state index < -0.39 is 23.7 Å². The third-order valence-corrected chi connectivity index (χ3v) is 7.32. The quantitative estimate of drug-likeness (QED) is 0.108. The third kappa shape index (κ3) is 6.04. The van der Waals surface area contributed by atoms with E-state index in [1.165, 1.54) is 4.90 Å². The van der Waals surface area contributed by atoms with Crippen LogP contribution in [0.3, 0.4) is 0 Å². The molecule has 0 unspecified atom stereocenters. The van der Waals surface area contributed by atoms with Gasteiger partial charge in [-0.1, -0.05) is 68.9 Å². The van der Waals surface area contributed by atoms with Gasteiger partial charge in [-0.2, -0.15) is 0 Å². The third-order valence-electron chi connectivity index (χ3n) is 6.18. The molecular formula is C30H32N2O6S. The summed E-state index contributed by atoms with van der Waals surface area (Å²) in [4.78, 5) is 45.4. The summed E-state index contributed by atoms with van der Waals surface area (Å²) in [7, 11) is 0. The van der Waals surface area contributed by atoms with E-state index in [9.17, 15) is 19.5 Å². The minimum atomic E-state index is -0.934. The largest absolute Gasteiger partial charge is 0.507 e. The van der Waals surface area contributed by atoms with Gasteiger partial charge in [0.25, 0.3) is 5.78 Å². The van der Waals surface area contributed by atoms with Crippen LogP contribution in [0, 0.1) is 12.8 Å². The van der Waals surface area contributed by atoms with Crippen LogP contribution in [0.4, 0.5) is 5.13 Å². The Morgan fingerprint density at radius 3 is 2.44 bits per heavy atom. The Morgan fingerprint density at radius 2 is 1.79 bits per heavy atom. The summed E-state index contributed by atoms with van der Waals surface area (Å²) in [6, 6.07) is 14.8. The van der Waals surface area contributed by atoms with Crippen molar-refractivity contribution in [1.29, 1.82) is 0 Å². The molecule has 0 spiro atoms. The van der Waals surface area contributed by atoms with Crippen molar-refractivity contribution in [3.63, 3.8) is 0 Å². The van der Waals surface area contributed by atoms with Crippen molar-refractivity contribution in [3.8, 4) is 5.75 Å². The van der Waals surface area contributed by atoms with Gasteiger partial charge < -0.3 is 14.6 Å². The molecule has 204 valence electrons. The number of amides is 1. The van der Waals surface area contributed by atoms with Crippen molar-refractivity contribution in [2.75, 3.05) is 18.1 Å². The molecule has 9 heteroatoms. The first-order valence-corrected chi connectivity index (χ1v) is 13.8. The molecule has 1 aromatic heterocycles. The van der Waals surface area contributed by atoms with Crippen LogP contribution in [0.15, 0.2) is 60.2 Å². The smallest absolute Gasteiger partial charge is 0.350 e. The number of aromatic nitrogens is 1. The molecule has 0 radical (unpaired) electrons. The maximum absolute atomic E-state index is 13.4. The molecule has 1 atom stereocenters. The molecule has 8 nitrogen and oxygen atoms in total. The Morgan fingerprint density at radius 1 is 1.10 bits per heavy atom. The number of carbonyl (C=O) groups excluding carboxylic acids is 3. The lowest BCUT2D eigenvalue weighted by atomic mass is 9.95. The number of nitrogens with zero attached hydrogens (tertiary/aromatic N) is 2. The van der Waals surface area contributed by atoms with Gasteiger partial charge >= 0.3 is 11.9 Å². The maximum Gasteiger partial charge on any atom is 0.350 e. The molecule has 1 saturated heterocycles. The molecule has 39 heavy (non-hydrogen) atoms. The van der Waals surface area contributed by atoms with Gasteiger partial charge in [0.05, 0.1) is 30.5 Å². The SMILES string of the molecule is CCCCOc1ccc(C(O)=C2C(=O)C(=O)N(c3nc(C)c(C(=O)OCC(C)C)s3)[C@@H]2c2ccccc2)cc1. The zero-order chi connectivity index (χ0) is 28.1. The first kappa shape index (κ1) is 28.0. The van der Waals surface area contributed by atoms with Gasteiger partial charge in [-0.3, -0.25) is 14.5 Å². The Balaban J connectivity index is 1.75. The van der Waals surface area contributed by atoms with Crippen LogP contribution in [0.5, 0.6) is 5.75 Å². The molecule has 1 N–H and O–H groups in total. The molecule has 2 aromatic carbocycles. The monoisotopic (exact) mass is 548 g/mol. The van der Waals surface area contributed by atoms with Gasteiger partial charge in [0.2, 0.25) is 0 Å². The number of unbranched alkanes of at least 4 members (excludes halogenated alkanes) is 1. The number of hydrogen-bond acceptors (Lipinski definition) is 8. The highest BCUT2D eigenvalue weighted by Gasteiger charge is 2.48. The Bertz CT molecular complexity index is 1380. The van der Waals surface area contributed by atoms with E-state index in [4.69, 9.17) is 9.47 Å². The van der Waals surface area contributed by atoms with Crippen molar-refractivity contribution in [2.24, 2.45) is 5.92 Å². The molecule has 1 fully saturated rings. The van der Waals surface area contributed by atoms with E-state index in [2.05, 4.69) is 11.9 Å². The van der Waals surface area contributed by atoms with Gasteiger partial charge in [0.15, 0.2) is 5.13 Å². The number of ether oxygens (including phenoxy) is 2. The summed E-state index contributed by atoms with van der Waals surface area (Å²) in [5.41, 5.74) is 1.35. The molecule has 0 aliphatic carbocycles. The minimum absolute atomic E-state index is 0.0531. The summed E-state index contributed by atoms with van der Waals surface area (Å²) in [5.74, 6) is -1.68. The standard InChI is InChI=1S/C30H32N2O6S/c1-5-6-16-37-22-14-12-21(13-15-22)25(33)23-24(20-10-8-7-9-11-20)32(28(35)26(23)34)30-31-19(4)27(39-30)29(36)38-17-18(2)3/h7-15,18,24,33H,5-6,16-17H2,1-4H3/t24-/m1/s1. The highest BCUT2D eigenvalue weighted by Crippen LogP contribution is 2.44. The Hall–Kier alpha value is -3.98. The van der Waals surface area contributed by atoms with Gasteiger partial charge in [-0.05, 0) is 49.1 Å². The van der Waals surface area contributed by atoms with Gasteiger partial charge in [-0.15, -0.1) is 0 Å². The van der Waals surface area contributed by atoms with Crippen molar-refractivity contribution in [3.05, 3.63) is 81.9 Å². The molecule has 1 aliphatic rings. The van der Waals surface area contributed by atoms with Crippen LogP contribution in [0.25, 0.3) is 5.76 Å². The van der Waals surface area contributed by atoms with Crippen molar-refractivity contribution in [2.45, 2.75) is 46.6 Å². The first-order valence-electron chi connectivity index (χ1n) is 13.0. The second-order valence-corrected chi connectivity index (χ2v) is 10.7. The first-order chi connectivity index (χ1) is 18.7. The summed E-state index contributed by atoms with van der Waals surface area (Å²) < 4.78 is 11.1. The number of aliphatic hydroxyl groups is 1.